The first-order valence-corrected chi connectivity index (χ1v) is 8.19. The first-order chi connectivity index (χ1) is 8.99. The Balaban J connectivity index is 2.56. The van der Waals surface area contributed by atoms with Gasteiger partial charge in [-0.15, -0.1) is 0 Å². The van der Waals surface area contributed by atoms with E-state index in [2.05, 4.69) is 28.5 Å². The lowest BCUT2D eigenvalue weighted by atomic mass is 10.4. The topological polar surface area (TPSA) is 62.3 Å². The maximum atomic E-state index is 12.0. The van der Waals surface area contributed by atoms with Crippen molar-refractivity contribution < 1.29 is 8.42 Å². The number of sulfonamides is 1. The van der Waals surface area contributed by atoms with E-state index in [0.29, 0.717) is 13.1 Å². The Kier molecular flexibility index (Phi) is 6.71. The second kappa shape index (κ2) is 7.79. The van der Waals surface area contributed by atoms with Crippen LogP contribution in [0.4, 0.5) is 0 Å². The largest absolute Gasteiger partial charge is 0.302 e. The van der Waals surface area contributed by atoms with Gasteiger partial charge in [0, 0.05) is 19.3 Å². The molecule has 5 nitrogen and oxygen atoms in total. The number of pyridine rings is 1. The van der Waals surface area contributed by atoms with Gasteiger partial charge in [0.2, 0.25) is 10.0 Å². The summed E-state index contributed by atoms with van der Waals surface area (Å²) in [6, 6.07) is 2.77. The van der Waals surface area contributed by atoms with Crippen LogP contribution in [0.5, 0.6) is 0 Å². The van der Waals surface area contributed by atoms with Crippen LogP contribution in [-0.4, -0.2) is 44.5 Å². The Morgan fingerprint density at radius 3 is 2.68 bits per heavy atom. The highest BCUT2D eigenvalue weighted by Crippen LogP contribution is 2.12. The van der Waals surface area contributed by atoms with Crippen molar-refractivity contribution in [3.8, 4) is 0 Å². The molecule has 0 saturated heterocycles. The predicted octanol–water partition coefficient (Wildman–Crippen LogP) is 1.75. The number of aromatic nitrogens is 1. The molecule has 0 bridgehead atoms. The third-order valence-electron chi connectivity index (χ3n) is 2.72. The van der Waals surface area contributed by atoms with Gasteiger partial charge < -0.3 is 4.90 Å². The summed E-state index contributed by atoms with van der Waals surface area (Å²) in [5, 5.41) is 0.170. The molecule has 0 aliphatic carbocycles. The minimum atomic E-state index is -3.50. The molecule has 0 unspecified atom stereocenters. The van der Waals surface area contributed by atoms with Crippen molar-refractivity contribution in [3.63, 3.8) is 0 Å². The Bertz CT molecular complexity index is 494. The second-order valence-electron chi connectivity index (χ2n) is 4.15. The summed E-state index contributed by atoms with van der Waals surface area (Å²) >= 11 is 5.69. The predicted molar refractivity (Wildman–Crippen MR) is 76.8 cm³/mol. The molecule has 0 amide bonds. The molecular weight excluding hydrogens is 286 g/mol. The van der Waals surface area contributed by atoms with E-state index in [0.717, 1.165) is 19.5 Å². The highest BCUT2D eigenvalue weighted by atomic mass is 35.5. The van der Waals surface area contributed by atoms with Crippen LogP contribution in [0.1, 0.15) is 20.3 Å². The Labute approximate surface area is 120 Å². The van der Waals surface area contributed by atoms with Gasteiger partial charge in [-0.3, -0.25) is 0 Å². The standard InChI is InChI=1S/C12H20ClN3O2S/c1-3-8-16(4-2)9-7-15-19(17,18)11-5-6-14-12(13)10-11/h5-6,10,15H,3-4,7-9H2,1-2H3. The van der Waals surface area contributed by atoms with Gasteiger partial charge in [0.1, 0.15) is 5.15 Å². The maximum Gasteiger partial charge on any atom is 0.240 e. The van der Waals surface area contributed by atoms with Crippen molar-refractivity contribution in [2.75, 3.05) is 26.2 Å². The summed E-state index contributed by atoms with van der Waals surface area (Å²) in [7, 11) is -3.50. The zero-order valence-corrected chi connectivity index (χ0v) is 12.8. The molecule has 0 radical (unpaired) electrons. The summed E-state index contributed by atoms with van der Waals surface area (Å²) in [4.78, 5) is 6.11. The number of nitrogens with zero attached hydrogens (tertiary/aromatic N) is 2. The van der Waals surface area contributed by atoms with Gasteiger partial charge in [-0.25, -0.2) is 18.1 Å². The molecule has 0 aliphatic rings. The van der Waals surface area contributed by atoms with Gasteiger partial charge in [-0.1, -0.05) is 25.4 Å². The second-order valence-corrected chi connectivity index (χ2v) is 6.30. The highest BCUT2D eigenvalue weighted by Gasteiger charge is 2.14. The molecule has 0 fully saturated rings. The summed E-state index contributed by atoms with van der Waals surface area (Å²) < 4.78 is 26.6. The van der Waals surface area contributed by atoms with Gasteiger partial charge in [0.15, 0.2) is 0 Å². The first kappa shape index (κ1) is 16.4. The molecule has 0 spiro atoms. The molecule has 108 valence electrons. The summed E-state index contributed by atoms with van der Waals surface area (Å²) in [5.74, 6) is 0. The average molecular weight is 306 g/mol. The maximum absolute atomic E-state index is 12.0. The fourth-order valence-electron chi connectivity index (χ4n) is 1.72. The van der Waals surface area contributed by atoms with Crippen molar-refractivity contribution in [2.45, 2.75) is 25.2 Å². The minimum absolute atomic E-state index is 0.144. The fourth-order valence-corrected chi connectivity index (χ4v) is 2.99. The lowest BCUT2D eigenvalue weighted by Gasteiger charge is -2.19. The van der Waals surface area contributed by atoms with E-state index in [4.69, 9.17) is 11.6 Å². The van der Waals surface area contributed by atoms with E-state index in [1.165, 1.54) is 18.3 Å². The van der Waals surface area contributed by atoms with Crippen LogP contribution in [0.2, 0.25) is 5.15 Å². The normalized spacial score (nSPS) is 12.0. The molecule has 0 saturated carbocycles. The molecule has 7 heteroatoms. The number of halogens is 1. The quantitative estimate of drug-likeness (QED) is 0.743. The van der Waals surface area contributed by atoms with Crippen LogP contribution in [0.25, 0.3) is 0 Å². The van der Waals surface area contributed by atoms with E-state index in [1.807, 2.05) is 0 Å². The number of likely N-dealkylation sites (N-methyl/N-ethyl adjacent to an activating group) is 1. The third kappa shape index (κ3) is 5.44. The summed E-state index contributed by atoms with van der Waals surface area (Å²) in [5.41, 5.74) is 0. The Hall–Kier alpha value is -0.690. The molecule has 1 aromatic rings. The summed E-state index contributed by atoms with van der Waals surface area (Å²) in [6.07, 6.45) is 2.44. The molecule has 0 aromatic carbocycles. The molecule has 0 atom stereocenters. The third-order valence-corrected chi connectivity index (χ3v) is 4.38. The van der Waals surface area contributed by atoms with Crippen LogP contribution >= 0.6 is 11.6 Å². The molecule has 19 heavy (non-hydrogen) atoms. The zero-order chi connectivity index (χ0) is 14.3. The highest BCUT2D eigenvalue weighted by molar-refractivity contribution is 7.89. The van der Waals surface area contributed by atoms with Crippen molar-refractivity contribution in [1.82, 2.24) is 14.6 Å². The van der Waals surface area contributed by atoms with Crippen molar-refractivity contribution in [1.29, 1.82) is 0 Å². The van der Waals surface area contributed by atoms with Crippen LogP contribution in [0.3, 0.4) is 0 Å². The van der Waals surface area contributed by atoms with E-state index in [1.54, 1.807) is 0 Å². The van der Waals surface area contributed by atoms with Gasteiger partial charge in [-0.05, 0) is 31.6 Å². The molecule has 1 N–H and O–H groups in total. The van der Waals surface area contributed by atoms with Crippen LogP contribution < -0.4 is 4.72 Å². The van der Waals surface area contributed by atoms with Gasteiger partial charge in [0.05, 0.1) is 4.90 Å². The van der Waals surface area contributed by atoms with Crippen molar-refractivity contribution in [3.05, 3.63) is 23.5 Å². The summed E-state index contributed by atoms with van der Waals surface area (Å²) in [6.45, 7) is 7.13. The van der Waals surface area contributed by atoms with Gasteiger partial charge >= 0.3 is 0 Å². The smallest absolute Gasteiger partial charge is 0.240 e. The molecule has 1 aromatic heterocycles. The lowest BCUT2D eigenvalue weighted by Crippen LogP contribution is -2.35. The van der Waals surface area contributed by atoms with Crippen molar-refractivity contribution in [2.24, 2.45) is 0 Å². The van der Waals surface area contributed by atoms with E-state index in [9.17, 15) is 8.42 Å². The number of rotatable bonds is 8. The minimum Gasteiger partial charge on any atom is -0.302 e. The molecular formula is C12H20ClN3O2S. The Morgan fingerprint density at radius 1 is 1.37 bits per heavy atom. The first-order valence-electron chi connectivity index (χ1n) is 6.33. The molecule has 1 heterocycles. The Morgan fingerprint density at radius 2 is 2.11 bits per heavy atom. The van der Waals surface area contributed by atoms with Crippen molar-refractivity contribution >= 4 is 21.6 Å². The van der Waals surface area contributed by atoms with Crippen LogP contribution in [0, 0.1) is 0 Å². The van der Waals surface area contributed by atoms with Gasteiger partial charge in [-0.2, -0.15) is 0 Å². The SMILES string of the molecule is CCCN(CC)CCNS(=O)(=O)c1ccnc(Cl)c1. The fraction of sp³-hybridized carbons (Fsp3) is 0.583. The van der Waals surface area contributed by atoms with E-state index in [-0.39, 0.29) is 10.0 Å². The van der Waals surface area contributed by atoms with E-state index < -0.39 is 10.0 Å². The van der Waals surface area contributed by atoms with Crippen LogP contribution in [-0.2, 0) is 10.0 Å². The lowest BCUT2D eigenvalue weighted by molar-refractivity contribution is 0.293. The molecule has 1 rings (SSSR count). The average Bonchev–Trinajstić information content (AvgIpc) is 2.37. The van der Waals surface area contributed by atoms with Crippen LogP contribution in [0.15, 0.2) is 23.2 Å². The zero-order valence-electron chi connectivity index (χ0n) is 11.3. The number of nitrogens with one attached hydrogen (secondary N) is 1. The number of hydrogen-bond acceptors (Lipinski definition) is 4. The van der Waals surface area contributed by atoms with Gasteiger partial charge in [0.25, 0.3) is 0 Å². The monoisotopic (exact) mass is 305 g/mol. The molecule has 0 aliphatic heterocycles. The van der Waals surface area contributed by atoms with E-state index >= 15 is 0 Å². The number of hydrogen-bond donors (Lipinski definition) is 1.